The Morgan fingerprint density at radius 1 is 0.373 bits per heavy atom. The molecule has 0 heterocycles. The maximum absolute atomic E-state index is 12.7. The van der Waals surface area contributed by atoms with E-state index < -0.39 is 6.10 Å². The summed E-state index contributed by atoms with van der Waals surface area (Å²) in [5.74, 6) is -0.875. The number of unbranched alkanes of at least 4 members (excludes halogenated alkanes) is 27. The molecule has 0 aliphatic heterocycles. The van der Waals surface area contributed by atoms with Crippen LogP contribution < -0.4 is 0 Å². The molecule has 6 nitrogen and oxygen atoms in total. The smallest absolute Gasteiger partial charge is 0.306 e. The molecule has 0 aliphatic rings. The summed E-state index contributed by atoms with van der Waals surface area (Å²) in [5, 5.41) is 0. The van der Waals surface area contributed by atoms with E-state index in [1.807, 2.05) is 0 Å². The van der Waals surface area contributed by atoms with Gasteiger partial charge in [0.15, 0.2) is 6.10 Å². The Morgan fingerprint density at radius 3 is 1.00 bits per heavy atom. The van der Waals surface area contributed by atoms with Gasteiger partial charge in [0.05, 0.1) is 0 Å². The highest BCUT2D eigenvalue weighted by atomic mass is 16.6. The van der Waals surface area contributed by atoms with Crippen LogP contribution in [0.4, 0.5) is 0 Å². The molecule has 51 heavy (non-hydrogen) atoms. The maximum Gasteiger partial charge on any atom is 0.306 e. The second kappa shape index (κ2) is 40.9. The van der Waals surface area contributed by atoms with E-state index in [4.69, 9.17) is 14.2 Å². The molecule has 0 amide bonds. The topological polar surface area (TPSA) is 78.9 Å². The SMILES string of the molecule is CCCCCC/C=C/CCCCCCCC(=O)OC[C@@H](COC(=O)CCCCCCCCCCC)OC(=O)CCCCCCCCCCCCC. The monoisotopic (exact) mass is 721 g/mol. The molecule has 0 fully saturated rings. The molecule has 0 aromatic rings. The Bertz CT molecular complexity index is 794. The molecule has 0 bridgehead atoms. The van der Waals surface area contributed by atoms with Crippen LogP contribution in [0.2, 0.25) is 0 Å². The van der Waals surface area contributed by atoms with E-state index in [1.165, 1.54) is 135 Å². The third kappa shape index (κ3) is 39.2. The summed E-state index contributed by atoms with van der Waals surface area (Å²) in [5.41, 5.74) is 0. The fourth-order valence-electron chi connectivity index (χ4n) is 6.38. The van der Waals surface area contributed by atoms with Crippen LogP contribution in [0.25, 0.3) is 0 Å². The van der Waals surface area contributed by atoms with Crippen LogP contribution in [0.15, 0.2) is 12.2 Å². The third-order valence-electron chi connectivity index (χ3n) is 9.77. The minimum atomic E-state index is -0.763. The number of carbonyl (C=O) groups excluding carboxylic acids is 3. The van der Waals surface area contributed by atoms with Crippen LogP contribution in [0.1, 0.15) is 239 Å². The van der Waals surface area contributed by atoms with E-state index in [9.17, 15) is 14.4 Å². The van der Waals surface area contributed by atoms with E-state index >= 15 is 0 Å². The van der Waals surface area contributed by atoms with Crippen LogP contribution >= 0.6 is 0 Å². The van der Waals surface area contributed by atoms with Gasteiger partial charge < -0.3 is 14.2 Å². The van der Waals surface area contributed by atoms with Gasteiger partial charge in [0.1, 0.15) is 13.2 Å². The molecule has 0 rings (SSSR count). The van der Waals surface area contributed by atoms with Crippen LogP contribution in [-0.4, -0.2) is 37.2 Å². The van der Waals surface area contributed by atoms with Gasteiger partial charge in [-0.2, -0.15) is 0 Å². The summed E-state index contributed by atoms with van der Waals surface area (Å²) in [6, 6.07) is 0. The van der Waals surface area contributed by atoms with Crippen LogP contribution in [-0.2, 0) is 28.6 Å². The van der Waals surface area contributed by atoms with Crippen LogP contribution in [0, 0.1) is 0 Å². The van der Waals surface area contributed by atoms with E-state index in [1.54, 1.807) is 0 Å². The fraction of sp³-hybridized carbons (Fsp3) is 0.889. The summed E-state index contributed by atoms with van der Waals surface area (Å²) in [6.07, 6.45) is 41.9. The highest BCUT2D eigenvalue weighted by Crippen LogP contribution is 2.14. The first-order chi connectivity index (χ1) is 25.0. The minimum Gasteiger partial charge on any atom is -0.462 e. The number of allylic oxidation sites excluding steroid dienone is 2. The molecule has 0 aromatic heterocycles. The maximum atomic E-state index is 12.7. The lowest BCUT2D eigenvalue weighted by Gasteiger charge is -2.18. The molecule has 0 unspecified atom stereocenters. The zero-order valence-corrected chi connectivity index (χ0v) is 34.1. The third-order valence-corrected chi connectivity index (χ3v) is 9.77. The van der Waals surface area contributed by atoms with Crippen molar-refractivity contribution in [1.29, 1.82) is 0 Å². The highest BCUT2D eigenvalue weighted by molar-refractivity contribution is 5.71. The highest BCUT2D eigenvalue weighted by Gasteiger charge is 2.19. The lowest BCUT2D eigenvalue weighted by atomic mass is 10.1. The number of hydrogen-bond acceptors (Lipinski definition) is 6. The average molecular weight is 721 g/mol. The lowest BCUT2D eigenvalue weighted by Crippen LogP contribution is -2.30. The molecule has 0 aliphatic carbocycles. The fourth-order valence-corrected chi connectivity index (χ4v) is 6.38. The van der Waals surface area contributed by atoms with E-state index in [0.29, 0.717) is 19.3 Å². The zero-order chi connectivity index (χ0) is 37.3. The van der Waals surface area contributed by atoms with Gasteiger partial charge in [-0.25, -0.2) is 0 Å². The molecular formula is C45H84O6. The molecule has 1 atom stereocenters. The van der Waals surface area contributed by atoms with Gasteiger partial charge in [-0.1, -0.05) is 187 Å². The van der Waals surface area contributed by atoms with Crippen LogP contribution in [0.3, 0.4) is 0 Å². The van der Waals surface area contributed by atoms with Gasteiger partial charge in [0.2, 0.25) is 0 Å². The van der Waals surface area contributed by atoms with Gasteiger partial charge in [-0.05, 0) is 44.9 Å². The van der Waals surface area contributed by atoms with Crippen molar-refractivity contribution >= 4 is 17.9 Å². The first-order valence-electron chi connectivity index (χ1n) is 22.2. The molecule has 0 saturated heterocycles. The van der Waals surface area contributed by atoms with Crippen molar-refractivity contribution in [2.24, 2.45) is 0 Å². The van der Waals surface area contributed by atoms with Gasteiger partial charge >= 0.3 is 17.9 Å². The molecule has 0 N–H and O–H groups in total. The molecule has 300 valence electrons. The Balaban J connectivity index is 4.34. The van der Waals surface area contributed by atoms with E-state index in [0.717, 1.165) is 64.2 Å². The van der Waals surface area contributed by atoms with Gasteiger partial charge in [-0.3, -0.25) is 14.4 Å². The van der Waals surface area contributed by atoms with Crippen molar-refractivity contribution < 1.29 is 28.6 Å². The first-order valence-corrected chi connectivity index (χ1v) is 22.2. The standard InChI is InChI=1S/C45H84O6/c1-4-7-10-13-16-19-21-22-24-26-29-32-35-38-44(47)50-41-42(40-49-43(46)37-34-31-28-25-18-15-12-9-6-3)51-45(48)39-36-33-30-27-23-20-17-14-11-8-5-2/h19,21,42H,4-18,20,22-41H2,1-3H3/b21-19+/t42-/m1/s1. The van der Waals surface area contributed by atoms with Crippen molar-refractivity contribution in [2.45, 2.75) is 245 Å². The summed E-state index contributed by atoms with van der Waals surface area (Å²) in [6.45, 7) is 6.59. The summed E-state index contributed by atoms with van der Waals surface area (Å²) < 4.78 is 16.7. The minimum absolute atomic E-state index is 0.0687. The number of hydrogen-bond donors (Lipinski definition) is 0. The quantitative estimate of drug-likeness (QED) is 0.0271. The molecule has 0 aromatic carbocycles. The average Bonchev–Trinajstić information content (AvgIpc) is 3.12. The molecule has 0 radical (unpaired) electrons. The molecular weight excluding hydrogens is 636 g/mol. The molecule has 0 spiro atoms. The van der Waals surface area contributed by atoms with Crippen molar-refractivity contribution in [3.63, 3.8) is 0 Å². The normalized spacial score (nSPS) is 12.0. The Labute approximate surface area is 316 Å². The van der Waals surface area contributed by atoms with Crippen LogP contribution in [0.5, 0.6) is 0 Å². The number of esters is 3. The second-order valence-corrected chi connectivity index (χ2v) is 15.0. The van der Waals surface area contributed by atoms with Crippen molar-refractivity contribution in [1.82, 2.24) is 0 Å². The predicted molar refractivity (Wildman–Crippen MR) is 215 cm³/mol. The largest absolute Gasteiger partial charge is 0.462 e. The Morgan fingerprint density at radius 2 is 0.647 bits per heavy atom. The van der Waals surface area contributed by atoms with Gasteiger partial charge in [-0.15, -0.1) is 0 Å². The van der Waals surface area contributed by atoms with E-state index in [2.05, 4.69) is 32.9 Å². The zero-order valence-electron chi connectivity index (χ0n) is 34.1. The summed E-state index contributed by atoms with van der Waals surface area (Å²) in [4.78, 5) is 37.6. The van der Waals surface area contributed by atoms with Gasteiger partial charge in [0.25, 0.3) is 0 Å². The molecule has 6 heteroatoms. The van der Waals surface area contributed by atoms with Crippen molar-refractivity contribution in [3.8, 4) is 0 Å². The predicted octanol–water partition coefficient (Wildman–Crippen LogP) is 13.9. The summed E-state index contributed by atoms with van der Waals surface area (Å²) in [7, 11) is 0. The number of rotatable bonds is 40. The first kappa shape index (κ1) is 49.1. The van der Waals surface area contributed by atoms with Crippen molar-refractivity contribution in [3.05, 3.63) is 12.2 Å². The lowest BCUT2D eigenvalue weighted by molar-refractivity contribution is -0.167. The van der Waals surface area contributed by atoms with E-state index in [-0.39, 0.29) is 31.1 Å². The van der Waals surface area contributed by atoms with Gasteiger partial charge in [0, 0.05) is 19.3 Å². The molecule has 0 saturated carbocycles. The van der Waals surface area contributed by atoms with Crippen molar-refractivity contribution in [2.75, 3.05) is 13.2 Å². The number of ether oxygens (including phenoxy) is 3. The Hall–Kier alpha value is -1.85. The number of carbonyl (C=O) groups is 3. The second-order valence-electron chi connectivity index (χ2n) is 15.0. The Kier molecular flexibility index (Phi) is 39.4. The summed E-state index contributed by atoms with van der Waals surface area (Å²) >= 11 is 0.